The summed E-state index contributed by atoms with van der Waals surface area (Å²) < 4.78 is 0. The highest BCUT2D eigenvalue weighted by Gasteiger charge is 2.19. The highest BCUT2D eigenvalue weighted by molar-refractivity contribution is 5.75. The Kier molecular flexibility index (Phi) is 5.11. The number of hydrogen-bond donors (Lipinski definition) is 1. The topological polar surface area (TPSA) is 57.6 Å². The van der Waals surface area contributed by atoms with Gasteiger partial charge in [-0.2, -0.15) is 0 Å². The molecule has 4 heteroatoms. The molecule has 0 radical (unpaired) electrons. The lowest BCUT2D eigenvalue weighted by Crippen LogP contribution is -2.39. The van der Waals surface area contributed by atoms with Gasteiger partial charge in [-0.1, -0.05) is 6.92 Å². The van der Waals surface area contributed by atoms with Crippen molar-refractivity contribution in [1.29, 1.82) is 0 Å². The maximum absolute atomic E-state index is 11.1. The molecule has 76 valence electrons. The molecule has 0 aliphatic heterocycles. The Balaban J connectivity index is 4.33. The zero-order valence-electron chi connectivity index (χ0n) is 8.41. The summed E-state index contributed by atoms with van der Waals surface area (Å²) in [5, 5.41) is 8.60. The van der Waals surface area contributed by atoms with E-state index < -0.39 is 5.97 Å². The van der Waals surface area contributed by atoms with Crippen LogP contribution in [0.25, 0.3) is 0 Å². The fourth-order valence-corrected chi connectivity index (χ4v) is 1.41. The molecule has 0 bridgehead atoms. The number of nitrogens with zero attached hydrogens (tertiary/aromatic N) is 1. The molecule has 4 nitrogen and oxygen atoms in total. The Bertz CT molecular complexity index is 191. The first-order valence-corrected chi connectivity index (χ1v) is 4.51. The zero-order valence-corrected chi connectivity index (χ0v) is 8.41. The lowest BCUT2D eigenvalue weighted by molar-refractivity contribution is -0.140. The molecule has 0 aliphatic carbocycles. The highest BCUT2D eigenvalue weighted by Crippen LogP contribution is 2.08. The predicted molar refractivity (Wildman–Crippen MR) is 49.4 cm³/mol. The van der Waals surface area contributed by atoms with Gasteiger partial charge in [0.1, 0.15) is 0 Å². The van der Waals surface area contributed by atoms with Crippen LogP contribution in [0.1, 0.15) is 33.6 Å². The minimum Gasteiger partial charge on any atom is -0.481 e. The summed E-state index contributed by atoms with van der Waals surface area (Å²) in [6.07, 6.45) is 0.712. The molecule has 0 saturated heterocycles. The zero-order chi connectivity index (χ0) is 10.4. The Labute approximate surface area is 78.5 Å². The average molecular weight is 187 g/mol. The molecule has 1 N–H and O–H groups in total. The number of carboxylic acid groups (broad SMARTS) is 1. The van der Waals surface area contributed by atoms with E-state index in [1.807, 2.05) is 13.8 Å². The second-order valence-corrected chi connectivity index (χ2v) is 2.96. The van der Waals surface area contributed by atoms with Crippen molar-refractivity contribution in [3.05, 3.63) is 0 Å². The average Bonchev–Trinajstić information content (AvgIpc) is 2.02. The summed E-state index contributed by atoms with van der Waals surface area (Å²) in [6.45, 7) is 5.78. The van der Waals surface area contributed by atoms with Crippen LogP contribution in [0.2, 0.25) is 0 Å². The fourth-order valence-electron chi connectivity index (χ4n) is 1.41. The number of rotatable bonds is 5. The molecule has 1 amide bonds. The van der Waals surface area contributed by atoms with Gasteiger partial charge in [0.05, 0.1) is 6.42 Å². The van der Waals surface area contributed by atoms with E-state index in [0.717, 1.165) is 0 Å². The van der Waals surface area contributed by atoms with Crippen molar-refractivity contribution < 1.29 is 14.7 Å². The number of aliphatic carboxylic acids is 1. The second-order valence-electron chi connectivity index (χ2n) is 2.96. The minimum atomic E-state index is -0.855. The van der Waals surface area contributed by atoms with Gasteiger partial charge in [-0.15, -0.1) is 0 Å². The van der Waals surface area contributed by atoms with E-state index in [9.17, 15) is 9.59 Å². The number of hydrogen-bond acceptors (Lipinski definition) is 2. The first-order valence-electron chi connectivity index (χ1n) is 4.51. The summed E-state index contributed by atoms with van der Waals surface area (Å²) in [5.41, 5.74) is 0. The van der Waals surface area contributed by atoms with Crippen LogP contribution in [-0.4, -0.2) is 34.5 Å². The van der Waals surface area contributed by atoms with Gasteiger partial charge in [-0.25, -0.2) is 0 Å². The summed E-state index contributed by atoms with van der Waals surface area (Å²) in [6, 6.07) is -0.167. The number of carbonyl (C=O) groups excluding carboxylic acids is 1. The lowest BCUT2D eigenvalue weighted by atomic mass is 10.1. The Hall–Kier alpha value is -1.06. The summed E-state index contributed by atoms with van der Waals surface area (Å²) in [4.78, 5) is 23.2. The monoisotopic (exact) mass is 187 g/mol. The molecule has 0 aromatic carbocycles. The predicted octanol–water partition coefficient (Wildman–Crippen LogP) is 1.11. The van der Waals surface area contributed by atoms with Gasteiger partial charge in [0.2, 0.25) is 5.91 Å². The standard InChI is InChI=1S/C9H17NO3/c1-4-8(6-9(12)13)10(5-2)7(3)11/h8H,4-6H2,1-3H3,(H,12,13). The van der Waals surface area contributed by atoms with Crippen LogP contribution in [0.5, 0.6) is 0 Å². The van der Waals surface area contributed by atoms with Crippen LogP contribution in [0.4, 0.5) is 0 Å². The van der Waals surface area contributed by atoms with Gasteiger partial charge in [-0.05, 0) is 13.3 Å². The normalized spacial score (nSPS) is 12.2. The molecule has 0 aromatic rings. The maximum atomic E-state index is 11.1. The Morgan fingerprint density at radius 2 is 1.92 bits per heavy atom. The minimum absolute atomic E-state index is 0.0317. The lowest BCUT2D eigenvalue weighted by Gasteiger charge is -2.27. The Morgan fingerprint density at radius 1 is 1.38 bits per heavy atom. The van der Waals surface area contributed by atoms with Crippen molar-refractivity contribution in [2.75, 3.05) is 6.54 Å². The molecule has 0 aromatic heterocycles. The van der Waals surface area contributed by atoms with Gasteiger partial charge >= 0.3 is 5.97 Å². The maximum Gasteiger partial charge on any atom is 0.305 e. The molecular formula is C9H17NO3. The molecule has 0 saturated carbocycles. The van der Waals surface area contributed by atoms with Crippen LogP contribution in [-0.2, 0) is 9.59 Å². The van der Waals surface area contributed by atoms with Crippen LogP contribution < -0.4 is 0 Å². The molecule has 13 heavy (non-hydrogen) atoms. The quantitative estimate of drug-likeness (QED) is 0.701. The summed E-state index contributed by atoms with van der Waals surface area (Å²) in [5.74, 6) is -0.915. The third-order valence-corrected chi connectivity index (χ3v) is 2.07. The SMILES string of the molecule is CCC(CC(=O)O)N(CC)C(C)=O. The molecule has 0 rings (SSSR count). The van der Waals surface area contributed by atoms with Crippen molar-refractivity contribution >= 4 is 11.9 Å². The van der Waals surface area contributed by atoms with Crippen molar-refractivity contribution in [3.8, 4) is 0 Å². The van der Waals surface area contributed by atoms with Crippen LogP contribution >= 0.6 is 0 Å². The molecule has 1 atom stereocenters. The van der Waals surface area contributed by atoms with E-state index in [2.05, 4.69) is 0 Å². The fraction of sp³-hybridized carbons (Fsp3) is 0.778. The molecule has 0 spiro atoms. The molecule has 0 heterocycles. The number of carboxylic acids is 1. The van der Waals surface area contributed by atoms with Crippen molar-refractivity contribution in [2.45, 2.75) is 39.7 Å². The molecular weight excluding hydrogens is 170 g/mol. The smallest absolute Gasteiger partial charge is 0.305 e. The second kappa shape index (κ2) is 5.56. The summed E-state index contributed by atoms with van der Waals surface area (Å²) >= 11 is 0. The molecule has 0 aliphatic rings. The van der Waals surface area contributed by atoms with E-state index in [1.165, 1.54) is 6.92 Å². The van der Waals surface area contributed by atoms with Crippen molar-refractivity contribution in [1.82, 2.24) is 4.90 Å². The van der Waals surface area contributed by atoms with Gasteiger partial charge in [-0.3, -0.25) is 9.59 Å². The first kappa shape index (κ1) is 11.9. The summed E-state index contributed by atoms with van der Waals surface area (Å²) in [7, 11) is 0. The third-order valence-electron chi connectivity index (χ3n) is 2.07. The number of carbonyl (C=O) groups is 2. The third kappa shape index (κ3) is 3.92. The van der Waals surface area contributed by atoms with Gasteiger partial charge in [0.15, 0.2) is 0 Å². The molecule has 1 unspecified atom stereocenters. The van der Waals surface area contributed by atoms with Crippen LogP contribution in [0.3, 0.4) is 0 Å². The Morgan fingerprint density at radius 3 is 2.15 bits per heavy atom. The van der Waals surface area contributed by atoms with E-state index in [1.54, 1.807) is 4.90 Å². The number of amides is 1. The first-order chi connectivity index (χ1) is 6.02. The van der Waals surface area contributed by atoms with Crippen molar-refractivity contribution in [3.63, 3.8) is 0 Å². The van der Waals surface area contributed by atoms with E-state index in [4.69, 9.17) is 5.11 Å². The van der Waals surface area contributed by atoms with Gasteiger partial charge < -0.3 is 10.0 Å². The van der Waals surface area contributed by atoms with Crippen LogP contribution in [0.15, 0.2) is 0 Å². The highest BCUT2D eigenvalue weighted by atomic mass is 16.4. The van der Waals surface area contributed by atoms with Gasteiger partial charge in [0, 0.05) is 19.5 Å². The van der Waals surface area contributed by atoms with Crippen molar-refractivity contribution in [2.24, 2.45) is 0 Å². The van der Waals surface area contributed by atoms with Crippen LogP contribution in [0, 0.1) is 0 Å². The molecule has 0 fully saturated rings. The van der Waals surface area contributed by atoms with E-state index in [0.29, 0.717) is 13.0 Å². The largest absolute Gasteiger partial charge is 0.481 e. The van der Waals surface area contributed by atoms with E-state index >= 15 is 0 Å². The van der Waals surface area contributed by atoms with E-state index in [-0.39, 0.29) is 18.4 Å². The van der Waals surface area contributed by atoms with Gasteiger partial charge in [0.25, 0.3) is 0 Å².